The van der Waals surface area contributed by atoms with Gasteiger partial charge in [0.1, 0.15) is 17.1 Å². The fraction of sp³-hybridized carbons (Fsp3) is 0.385. The van der Waals surface area contributed by atoms with Crippen LogP contribution < -0.4 is 9.64 Å². The Labute approximate surface area is 191 Å². The van der Waals surface area contributed by atoms with Gasteiger partial charge in [-0.15, -0.1) is 12.4 Å². The van der Waals surface area contributed by atoms with Gasteiger partial charge in [-0.2, -0.15) is 0 Å². The first-order valence-electron chi connectivity index (χ1n) is 11.0. The third kappa shape index (κ3) is 6.52. The molecule has 0 bridgehead atoms. The molecule has 0 N–H and O–H groups in total. The SMILES string of the molecule is CN(C)c1ccc(C=Cc2cc3ccc(OCCCN4CCCCC4)cc3o2)cc1.Cl. The predicted molar refractivity (Wildman–Crippen MR) is 134 cm³/mol. The molecule has 2 heterocycles. The molecule has 1 aliphatic rings. The van der Waals surface area contributed by atoms with Crippen molar-refractivity contribution in [3.05, 3.63) is 59.9 Å². The third-order valence-electron chi connectivity index (χ3n) is 5.70. The second kappa shape index (κ2) is 11.3. The van der Waals surface area contributed by atoms with Gasteiger partial charge in [0.2, 0.25) is 0 Å². The standard InChI is InChI=1S/C26H32N2O2.ClH/c1-27(2)23-11-7-21(8-12-23)9-13-25-19-22-10-14-24(20-26(22)30-25)29-18-6-17-28-15-4-3-5-16-28;/h7-14,19-20H,3-6,15-18H2,1-2H3;1H. The van der Waals surface area contributed by atoms with E-state index in [0.29, 0.717) is 0 Å². The largest absolute Gasteiger partial charge is 0.493 e. The molecule has 0 radical (unpaired) electrons. The number of ether oxygens (including phenoxy) is 1. The summed E-state index contributed by atoms with van der Waals surface area (Å²) in [6, 6.07) is 16.6. The Hall–Kier alpha value is -2.43. The maximum absolute atomic E-state index is 6.01. The lowest BCUT2D eigenvalue weighted by Crippen LogP contribution is -2.31. The Morgan fingerprint density at radius 3 is 2.48 bits per heavy atom. The maximum Gasteiger partial charge on any atom is 0.138 e. The Morgan fingerprint density at radius 2 is 1.74 bits per heavy atom. The van der Waals surface area contributed by atoms with Gasteiger partial charge in [0, 0.05) is 37.8 Å². The summed E-state index contributed by atoms with van der Waals surface area (Å²) in [6.07, 6.45) is 9.23. The number of rotatable bonds is 8. The molecule has 0 atom stereocenters. The summed E-state index contributed by atoms with van der Waals surface area (Å²) in [7, 11) is 4.10. The van der Waals surface area contributed by atoms with Crippen LogP contribution in [0.1, 0.15) is 37.0 Å². The van der Waals surface area contributed by atoms with Crippen LogP contribution in [0, 0.1) is 0 Å². The number of hydrogen-bond acceptors (Lipinski definition) is 4. The number of benzene rings is 2. The summed E-state index contributed by atoms with van der Waals surface area (Å²) < 4.78 is 12.0. The van der Waals surface area contributed by atoms with Crippen molar-refractivity contribution in [2.24, 2.45) is 0 Å². The van der Waals surface area contributed by atoms with Crippen LogP contribution in [0.25, 0.3) is 23.1 Å². The van der Waals surface area contributed by atoms with E-state index < -0.39 is 0 Å². The van der Waals surface area contributed by atoms with E-state index in [1.807, 2.05) is 32.3 Å². The van der Waals surface area contributed by atoms with Crippen LogP contribution in [0.2, 0.25) is 0 Å². The van der Waals surface area contributed by atoms with Crippen LogP contribution in [-0.4, -0.2) is 45.2 Å². The monoisotopic (exact) mass is 440 g/mol. The fourth-order valence-electron chi connectivity index (χ4n) is 3.93. The Kier molecular flexibility index (Phi) is 8.44. The summed E-state index contributed by atoms with van der Waals surface area (Å²) in [4.78, 5) is 4.65. The number of furan rings is 1. The Bertz CT molecular complexity index is 973. The third-order valence-corrected chi connectivity index (χ3v) is 5.70. The second-order valence-electron chi connectivity index (χ2n) is 8.27. The number of nitrogens with zero attached hydrogens (tertiary/aromatic N) is 2. The smallest absolute Gasteiger partial charge is 0.138 e. The van der Waals surface area contributed by atoms with E-state index in [9.17, 15) is 0 Å². The van der Waals surface area contributed by atoms with Crippen molar-refractivity contribution in [3.63, 3.8) is 0 Å². The molecule has 4 rings (SSSR count). The highest BCUT2D eigenvalue weighted by Crippen LogP contribution is 2.26. The fourth-order valence-corrected chi connectivity index (χ4v) is 3.93. The van der Waals surface area contributed by atoms with Crippen LogP contribution >= 0.6 is 12.4 Å². The molecule has 1 aromatic heterocycles. The van der Waals surface area contributed by atoms with Gasteiger partial charge in [-0.1, -0.05) is 24.6 Å². The number of anilines is 1. The van der Waals surface area contributed by atoms with E-state index in [0.717, 1.165) is 47.6 Å². The number of likely N-dealkylation sites (tertiary alicyclic amines) is 1. The summed E-state index contributed by atoms with van der Waals surface area (Å²) in [5.41, 5.74) is 3.21. The lowest BCUT2D eigenvalue weighted by molar-refractivity contribution is 0.205. The van der Waals surface area contributed by atoms with E-state index in [2.05, 4.69) is 52.3 Å². The van der Waals surface area contributed by atoms with Crippen LogP contribution in [0.15, 0.2) is 52.9 Å². The number of piperidine rings is 1. The van der Waals surface area contributed by atoms with Gasteiger partial charge in [-0.25, -0.2) is 0 Å². The average molecular weight is 441 g/mol. The van der Waals surface area contributed by atoms with Gasteiger partial charge in [-0.05, 0) is 74.3 Å². The molecule has 2 aromatic carbocycles. The topological polar surface area (TPSA) is 28.9 Å². The molecule has 3 aromatic rings. The van der Waals surface area contributed by atoms with Gasteiger partial charge >= 0.3 is 0 Å². The van der Waals surface area contributed by atoms with Crippen molar-refractivity contribution < 1.29 is 9.15 Å². The molecule has 4 nitrogen and oxygen atoms in total. The van der Waals surface area contributed by atoms with E-state index in [4.69, 9.17) is 9.15 Å². The molecule has 0 saturated carbocycles. The molecule has 1 saturated heterocycles. The van der Waals surface area contributed by atoms with Crippen LogP contribution in [0.5, 0.6) is 5.75 Å². The zero-order valence-electron chi connectivity index (χ0n) is 18.5. The van der Waals surface area contributed by atoms with Gasteiger partial charge in [0.25, 0.3) is 0 Å². The van der Waals surface area contributed by atoms with E-state index in [1.54, 1.807) is 0 Å². The minimum atomic E-state index is 0. The normalized spacial score (nSPS) is 14.6. The lowest BCUT2D eigenvalue weighted by atomic mass is 10.1. The van der Waals surface area contributed by atoms with Gasteiger partial charge in [-0.3, -0.25) is 0 Å². The minimum absolute atomic E-state index is 0. The van der Waals surface area contributed by atoms with Crippen LogP contribution in [-0.2, 0) is 0 Å². The summed E-state index contributed by atoms with van der Waals surface area (Å²) in [5, 5.41) is 1.10. The lowest BCUT2D eigenvalue weighted by Gasteiger charge is -2.26. The molecule has 0 spiro atoms. The highest BCUT2D eigenvalue weighted by molar-refractivity contribution is 5.85. The molecule has 166 valence electrons. The molecule has 0 aliphatic carbocycles. The predicted octanol–water partition coefficient (Wildman–Crippen LogP) is 6.35. The second-order valence-corrected chi connectivity index (χ2v) is 8.27. The Balaban J connectivity index is 0.00000272. The zero-order chi connectivity index (χ0) is 20.8. The highest BCUT2D eigenvalue weighted by Gasteiger charge is 2.09. The quantitative estimate of drug-likeness (QED) is 0.382. The van der Waals surface area contributed by atoms with Crippen LogP contribution in [0.3, 0.4) is 0 Å². The first-order valence-corrected chi connectivity index (χ1v) is 11.0. The number of halogens is 1. The maximum atomic E-state index is 6.01. The molecule has 1 aliphatic heterocycles. The molecular weight excluding hydrogens is 408 g/mol. The average Bonchev–Trinajstić information content (AvgIpc) is 3.18. The molecule has 1 fully saturated rings. The number of hydrogen-bond donors (Lipinski definition) is 0. The van der Waals surface area contributed by atoms with Crippen LogP contribution in [0.4, 0.5) is 5.69 Å². The van der Waals surface area contributed by atoms with Crippen molar-refractivity contribution in [2.45, 2.75) is 25.7 Å². The first kappa shape index (κ1) is 23.2. The van der Waals surface area contributed by atoms with Crippen molar-refractivity contribution >= 4 is 41.2 Å². The van der Waals surface area contributed by atoms with Gasteiger partial charge < -0.3 is 19.0 Å². The van der Waals surface area contributed by atoms with Crippen molar-refractivity contribution in [3.8, 4) is 5.75 Å². The van der Waals surface area contributed by atoms with Gasteiger partial charge in [0.05, 0.1) is 6.61 Å². The first-order chi connectivity index (χ1) is 14.7. The summed E-state index contributed by atoms with van der Waals surface area (Å²) in [6.45, 7) is 4.37. The molecular formula is C26H33ClN2O2. The molecule has 31 heavy (non-hydrogen) atoms. The van der Waals surface area contributed by atoms with E-state index in [1.165, 1.54) is 38.0 Å². The highest BCUT2D eigenvalue weighted by atomic mass is 35.5. The van der Waals surface area contributed by atoms with Crippen molar-refractivity contribution in [1.29, 1.82) is 0 Å². The molecule has 5 heteroatoms. The van der Waals surface area contributed by atoms with E-state index >= 15 is 0 Å². The minimum Gasteiger partial charge on any atom is -0.493 e. The van der Waals surface area contributed by atoms with Crippen molar-refractivity contribution in [1.82, 2.24) is 4.90 Å². The zero-order valence-corrected chi connectivity index (χ0v) is 19.4. The number of fused-ring (bicyclic) bond motifs is 1. The molecule has 0 unspecified atom stereocenters. The van der Waals surface area contributed by atoms with Crippen molar-refractivity contribution in [2.75, 3.05) is 45.2 Å². The van der Waals surface area contributed by atoms with E-state index in [-0.39, 0.29) is 12.4 Å². The summed E-state index contributed by atoms with van der Waals surface area (Å²) in [5.74, 6) is 1.73. The summed E-state index contributed by atoms with van der Waals surface area (Å²) >= 11 is 0. The molecule has 0 amide bonds. The van der Waals surface area contributed by atoms with Gasteiger partial charge in [0.15, 0.2) is 0 Å². The Morgan fingerprint density at radius 1 is 0.968 bits per heavy atom.